The zero-order valence-corrected chi connectivity index (χ0v) is 19.5. The van der Waals surface area contributed by atoms with E-state index < -0.39 is 0 Å². The van der Waals surface area contributed by atoms with Crippen LogP contribution in [0.1, 0.15) is 58.1 Å². The number of rotatable bonds is 6. The molecule has 2 aliphatic rings. The van der Waals surface area contributed by atoms with E-state index in [1.165, 1.54) is 24.2 Å². The summed E-state index contributed by atoms with van der Waals surface area (Å²) >= 11 is 1.52. The Morgan fingerprint density at radius 2 is 2.03 bits per heavy atom. The molecule has 0 radical (unpaired) electrons. The molecule has 1 aliphatic carbocycles. The molecule has 1 saturated heterocycles. The molecule has 3 N–H and O–H groups in total. The van der Waals surface area contributed by atoms with Crippen LogP contribution in [0.5, 0.6) is 0 Å². The van der Waals surface area contributed by atoms with E-state index in [1.807, 2.05) is 18.2 Å². The van der Waals surface area contributed by atoms with Gasteiger partial charge in [0.15, 0.2) is 5.13 Å². The van der Waals surface area contributed by atoms with Gasteiger partial charge in [-0.1, -0.05) is 11.3 Å². The SMILES string of the molecule is CC1(C)CCCN1Cc1cc(Nc2nc3cccnc3s2)nc(N[C@H]2CC[C@H](O)CC2)n1. The number of aliphatic hydroxyl groups excluding tert-OH is 1. The normalized spacial score (nSPS) is 23.5. The molecule has 170 valence electrons. The van der Waals surface area contributed by atoms with Crippen LogP contribution in [-0.2, 0) is 6.54 Å². The van der Waals surface area contributed by atoms with Gasteiger partial charge in [-0.25, -0.2) is 15.0 Å². The van der Waals surface area contributed by atoms with Crippen molar-refractivity contribution in [3.05, 3.63) is 30.1 Å². The molecule has 1 saturated carbocycles. The lowest BCUT2D eigenvalue weighted by molar-refractivity contribution is 0.126. The molecule has 2 fully saturated rings. The molecular formula is C23H31N7OS. The Kier molecular flexibility index (Phi) is 5.96. The number of fused-ring (bicyclic) bond motifs is 1. The van der Waals surface area contributed by atoms with Gasteiger partial charge in [0.2, 0.25) is 5.95 Å². The number of nitrogens with one attached hydrogen (secondary N) is 2. The van der Waals surface area contributed by atoms with Crippen molar-refractivity contribution in [3.63, 3.8) is 0 Å². The van der Waals surface area contributed by atoms with Gasteiger partial charge >= 0.3 is 0 Å². The van der Waals surface area contributed by atoms with E-state index in [2.05, 4.69) is 39.3 Å². The highest BCUT2D eigenvalue weighted by Gasteiger charge is 2.32. The maximum Gasteiger partial charge on any atom is 0.225 e. The molecule has 4 heterocycles. The minimum Gasteiger partial charge on any atom is -0.393 e. The summed E-state index contributed by atoms with van der Waals surface area (Å²) in [5.74, 6) is 1.38. The van der Waals surface area contributed by atoms with Gasteiger partial charge in [0.1, 0.15) is 16.2 Å². The first-order chi connectivity index (χ1) is 15.4. The Hall–Kier alpha value is -2.36. The maximum absolute atomic E-state index is 9.83. The predicted molar refractivity (Wildman–Crippen MR) is 128 cm³/mol. The van der Waals surface area contributed by atoms with Crippen molar-refractivity contribution >= 4 is 38.6 Å². The van der Waals surface area contributed by atoms with Crippen LogP contribution in [0.3, 0.4) is 0 Å². The molecule has 0 aromatic carbocycles. The van der Waals surface area contributed by atoms with Crippen LogP contribution in [0.25, 0.3) is 10.3 Å². The summed E-state index contributed by atoms with van der Waals surface area (Å²) in [5.41, 5.74) is 2.06. The highest BCUT2D eigenvalue weighted by atomic mass is 32.1. The number of anilines is 3. The monoisotopic (exact) mass is 453 g/mol. The Labute approximate surface area is 192 Å². The molecule has 3 aromatic heterocycles. The van der Waals surface area contributed by atoms with Crippen molar-refractivity contribution in [2.75, 3.05) is 17.2 Å². The van der Waals surface area contributed by atoms with Gasteiger partial charge in [-0.15, -0.1) is 0 Å². The average Bonchev–Trinajstić information content (AvgIpc) is 3.31. The number of hydrogen-bond donors (Lipinski definition) is 3. The molecule has 1 aliphatic heterocycles. The highest BCUT2D eigenvalue weighted by molar-refractivity contribution is 7.21. The maximum atomic E-state index is 9.83. The molecule has 0 amide bonds. The molecule has 0 atom stereocenters. The molecule has 32 heavy (non-hydrogen) atoms. The van der Waals surface area contributed by atoms with E-state index in [0.717, 1.165) is 65.8 Å². The van der Waals surface area contributed by atoms with Crippen LogP contribution < -0.4 is 10.6 Å². The number of nitrogens with zero attached hydrogens (tertiary/aromatic N) is 5. The smallest absolute Gasteiger partial charge is 0.225 e. The molecular weight excluding hydrogens is 422 g/mol. The number of likely N-dealkylation sites (tertiary alicyclic amines) is 1. The quantitative estimate of drug-likeness (QED) is 0.508. The van der Waals surface area contributed by atoms with Gasteiger partial charge in [-0.05, 0) is 71.0 Å². The van der Waals surface area contributed by atoms with Gasteiger partial charge in [-0.2, -0.15) is 4.98 Å². The Morgan fingerprint density at radius 1 is 1.19 bits per heavy atom. The van der Waals surface area contributed by atoms with Crippen LogP contribution >= 0.6 is 11.3 Å². The topological polar surface area (TPSA) is 99.1 Å². The summed E-state index contributed by atoms with van der Waals surface area (Å²) < 4.78 is 0. The lowest BCUT2D eigenvalue weighted by Crippen LogP contribution is -2.37. The molecule has 5 rings (SSSR count). The molecule has 9 heteroatoms. The van der Waals surface area contributed by atoms with Crippen molar-refractivity contribution < 1.29 is 5.11 Å². The predicted octanol–water partition coefficient (Wildman–Crippen LogP) is 4.31. The fourth-order valence-electron chi connectivity index (χ4n) is 4.69. The number of hydrogen-bond acceptors (Lipinski definition) is 9. The first-order valence-electron chi connectivity index (χ1n) is 11.5. The zero-order chi connectivity index (χ0) is 22.1. The second-order valence-electron chi connectivity index (χ2n) is 9.53. The number of thiazole rings is 1. The van der Waals surface area contributed by atoms with Gasteiger partial charge in [-0.3, -0.25) is 4.90 Å². The van der Waals surface area contributed by atoms with Crippen molar-refractivity contribution in [2.24, 2.45) is 0 Å². The standard InChI is InChI=1S/C23H31N7OS/c1-23(2)10-4-12-30(23)14-16-13-19(29-22-27-18-5-3-11-24-20(18)32-22)28-21(26-16)25-15-6-8-17(31)9-7-15/h3,5,11,13,15,17,31H,4,6-10,12,14H2,1-2H3,(H2,25,26,27,28,29)/t15-,17-. The zero-order valence-electron chi connectivity index (χ0n) is 18.7. The molecule has 8 nitrogen and oxygen atoms in total. The fourth-order valence-corrected chi connectivity index (χ4v) is 5.51. The molecule has 0 bridgehead atoms. The highest BCUT2D eigenvalue weighted by Crippen LogP contribution is 2.31. The van der Waals surface area contributed by atoms with Gasteiger partial charge in [0.25, 0.3) is 0 Å². The van der Waals surface area contributed by atoms with E-state index in [4.69, 9.17) is 9.97 Å². The van der Waals surface area contributed by atoms with E-state index in [1.54, 1.807) is 6.20 Å². The van der Waals surface area contributed by atoms with Crippen molar-refractivity contribution in [3.8, 4) is 0 Å². The van der Waals surface area contributed by atoms with Crippen molar-refractivity contribution in [1.82, 2.24) is 24.8 Å². The third-order valence-corrected chi connectivity index (χ3v) is 7.53. The minimum atomic E-state index is -0.178. The summed E-state index contributed by atoms with van der Waals surface area (Å²) in [4.78, 5) is 22.1. The van der Waals surface area contributed by atoms with Crippen LogP contribution in [0.15, 0.2) is 24.4 Å². The van der Waals surface area contributed by atoms with Gasteiger partial charge < -0.3 is 15.7 Å². The Morgan fingerprint density at radius 3 is 2.78 bits per heavy atom. The van der Waals surface area contributed by atoms with E-state index in [-0.39, 0.29) is 17.7 Å². The van der Waals surface area contributed by atoms with E-state index in [9.17, 15) is 5.11 Å². The van der Waals surface area contributed by atoms with E-state index in [0.29, 0.717) is 5.95 Å². The van der Waals surface area contributed by atoms with Gasteiger partial charge in [0.05, 0.1) is 11.8 Å². The van der Waals surface area contributed by atoms with Crippen molar-refractivity contribution in [2.45, 2.75) is 76.6 Å². The first kappa shape index (κ1) is 21.5. The third-order valence-electron chi connectivity index (χ3n) is 6.64. The minimum absolute atomic E-state index is 0.178. The summed E-state index contributed by atoms with van der Waals surface area (Å²) in [7, 11) is 0. The second kappa shape index (κ2) is 8.88. The van der Waals surface area contributed by atoms with Gasteiger partial charge in [0, 0.05) is 30.4 Å². The van der Waals surface area contributed by atoms with Crippen molar-refractivity contribution in [1.29, 1.82) is 0 Å². The molecule has 0 unspecified atom stereocenters. The number of aromatic nitrogens is 4. The first-order valence-corrected chi connectivity index (χ1v) is 12.3. The largest absolute Gasteiger partial charge is 0.393 e. The lowest BCUT2D eigenvalue weighted by atomic mass is 9.93. The lowest BCUT2D eigenvalue weighted by Gasteiger charge is -2.31. The summed E-state index contributed by atoms with van der Waals surface area (Å²) in [6.07, 6.45) is 7.54. The number of aliphatic hydroxyl groups is 1. The number of pyridine rings is 1. The van der Waals surface area contributed by atoms with Crippen LogP contribution in [-0.4, -0.2) is 54.2 Å². The summed E-state index contributed by atoms with van der Waals surface area (Å²) in [5, 5.41) is 17.5. The average molecular weight is 454 g/mol. The Balaban J connectivity index is 1.40. The summed E-state index contributed by atoms with van der Waals surface area (Å²) in [6.45, 7) is 6.50. The molecule has 0 spiro atoms. The molecule has 3 aromatic rings. The van der Waals surface area contributed by atoms with Crippen LogP contribution in [0.4, 0.5) is 16.9 Å². The fraction of sp³-hybridized carbons (Fsp3) is 0.565. The third kappa shape index (κ3) is 4.84. The van der Waals surface area contributed by atoms with Crippen LogP contribution in [0, 0.1) is 0 Å². The van der Waals surface area contributed by atoms with E-state index >= 15 is 0 Å². The Bertz CT molecular complexity index is 1040. The second-order valence-corrected chi connectivity index (χ2v) is 10.5. The van der Waals surface area contributed by atoms with Crippen LogP contribution in [0.2, 0.25) is 0 Å². The summed E-state index contributed by atoms with van der Waals surface area (Å²) in [6, 6.07) is 6.19.